The van der Waals surface area contributed by atoms with Gasteiger partial charge in [0, 0.05) is 12.5 Å². The molecule has 6 nitrogen and oxygen atoms in total. The largest absolute Gasteiger partial charge is 0.443 e. The minimum atomic E-state index is -3.70. The summed E-state index contributed by atoms with van der Waals surface area (Å²) in [7, 11) is -3.70. The molecule has 0 aliphatic heterocycles. The van der Waals surface area contributed by atoms with Gasteiger partial charge in [-0.05, 0) is 29.8 Å². The Morgan fingerprint density at radius 2 is 1.78 bits per heavy atom. The zero-order valence-electron chi connectivity index (χ0n) is 18.2. The number of hydrogen-bond acceptors (Lipinski definition) is 5. The van der Waals surface area contributed by atoms with Crippen molar-refractivity contribution in [3.05, 3.63) is 103 Å². The van der Waals surface area contributed by atoms with Crippen LogP contribution in [0.1, 0.15) is 18.1 Å². The molecule has 0 aliphatic carbocycles. The Kier molecular flexibility index (Phi) is 8.92. The monoisotopic (exact) mass is 458 g/mol. The SMILES string of the molecule is C=C[C@@H](CN(C(=C)N=C(C)OC(=C)c1ccc(F)cc1)S(C)(=O)=O)OCc1ccccc1. The first kappa shape index (κ1) is 25.0. The summed E-state index contributed by atoms with van der Waals surface area (Å²) in [6.07, 6.45) is 1.99. The van der Waals surface area contributed by atoms with E-state index >= 15 is 0 Å². The summed E-state index contributed by atoms with van der Waals surface area (Å²) in [5.41, 5.74) is 1.51. The average molecular weight is 459 g/mol. The third-order valence-corrected chi connectivity index (χ3v) is 5.49. The van der Waals surface area contributed by atoms with Crippen LogP contribution in [0.3, 0.4) is 0 Å². The van der Waals surface area contributed by atoms with Gasteiger partial charge in [-0.15, -0.1) is 6.58 Å². The Morgan fingerprint density at radius 1 is 1.16 bits per heavy atom. The molecule has 2 aromatic rings. The van der Waals surface area contributed by atoms with E-state index in [-0.39, 0.29) is 29.8 Å². The van der Waals surface area contributed by atoms with Gasteiger partial charge in [-0.3, -0.25) is 4.31 Å². The highest BCUT2D eigenvalue weighted by molar-refractivity contribution is 7.88. The van der Waals surface area contributed by atoms with Gasteiger partial charge < -0.3 is 9.47 Å². The van der Waals surface area contributed by atoms with Crippen molar-refractivity contribution in [3.63, 3.8) is 0 Å². The number of ether oxygens (including phenoxy) is 2. The molecule has 0 unspecified atom stereocenters. The van der Waals surface area contributed by atoms with Gasteiger partial charge in [0.15, 0.2) is 5.90 Å². The molecule has 0 spiro atoms. The summed E-state index contributed by atoms with van der Waals surface area (Å²) in [5, 5.41) is 0. The number of sulfonamides is 1. The molecule has 0 amide bonds. The van der Waals surface area contributed by atoms with Crippen LogP contribution in [-0.4, -0.2) is 37.5 Å². The summed E-state index contributed by atoms with van der Waals surface area (Å²) in [4.78, 5) is 4.15. The Bertz CT molecular complexity index is 1080. The van der Waals surface area contributed by atoms with E-state index in [1.54, 1.807) is 0 Å². The zero-order valence-corrected chi connectivity index (χ0v) is 19.0. The lowest BCUT2D eigenvalue weighted by atomic mass is 10.2. The van der Waals surface area contributed by atoms with E-state index in [0.29, 0.717) is 12.2 Å². The van der Waals surface area contributed by atoms with Crippen LogP contribution in [-0.2, 0) is 26.1 Å². The molecule has 0 saturated heterocycles. The number of aliphatic imine (C=N–C) groups is 1. The molecule has 32 heavy (non-hydrogen) atoms. The number of halogens is 1. The van der Waals surface area contributed by atoms with Crippen molar-refractivity contribution in [1.29, 1.82) is 0 Å². The first-order valence-corrected chi connectivity index (χ1v) is 11.6. The molecule has 2 aromatic carbocycles. The molecule has 170 valence electrons. The minimum Gasteiger partial charge on any atom is -0.443 e. The van der Waals surface area contributed by atoms with E-state index in [9.17, 15) is 12.8 Å². The van der Waals surface area contributed by atoms with E-state index < -0.39 is 16.1 Å². The molecule has 0 saturated carbocycles. The Balaban J connectivity index is 2.08. The predicted octanol–water partition coefficient (Wildman–Crippen LogP) is 4.74. The second-order valence-corrected chi connectivity index (χ2v) is 8.85. The molecule has 0 aromatic heterocycles. The van der Waals surface area contributed by atoms with Crippen LogP contribution in [0.5, 0.6) is 0 Å². The molecular weight excluding hydrogens is 431 g/mol. The van der Waals surface area contributed by atoms with E-state index in [0.717, 1.165) is 16.1 Å². The standard InChI is InChI=1S/C24H27FN2O4S/c1-6-24(30-17-21-10-8-7-9-11-21)16-27(32(5,28)29)19(3)26-20(4)31-18(2)22-12-14-23(25)15-13-22/h6-15,24H,1-3,16-17H2,4-5H3/t24-/m0/s1. The first-order valence-electron chi connectivity index (χ1n) is 9.73. The molecule has 0 heterocycles. The maximum absolute atomic E-state index is 13.1. The summed E-state index contributed by atoms with van der Waals surface area (Å²) in [5.74, 6) is -0.0686. The van der Waals surface area contributed by atoms with Crippen molar-refractivity contribution in [2.75, 3.05) is 12.8 Å². The number of rotatable bonds is 11. The zero-order chi connectivity index (χ0) is 23.7. The summed E-state index contributed by atoms with van der Waals surface area (Å²) >= 11 is 0. The van der Waals surface area contributed by atoms with E-state index in [2.05, 4.69) is 24.7 Å². The second-order valence-electron chi connectivity index (χ2n) is 6.94. The summed E-state index contributed by atoms with van der Waals surface area (Å²) in [6, 6.07) is 15.1. The lowest BCUT2D eigenvalue weighted by Gasteiger charge is -2.26. The molecule has 0 fully saturated rings. The first-order chi connectivity index (χ1) is 15.1. The predicted molar refractivity (Wildman–Crippen MR) is 126 cm³/mol. The van der Waals surface area contributed by atoms with Crippen LogP contribution in [0.15, 0.2) is 91.2 Å². The summed E-state index contributed by atoms with van der Waals surface area (Å²) < 4.78 is 50.2. The van der Waals surface area contributed by atoms with Crippen LogP contribution >= 0.6 is 0 Å². The lowest BCUT2D eigenvalue weighted by Crippen LogP contribution is -2.36. The van der Waals surface area contributed by atoms with Gasteiger partial charge in [0.1, 0.15) is 17.4 Å². The number of nitrogens with zero attached hydrogens (tertiary/aromatic N) is 2. The minimum absolute atomic E-state index is 0.0490. The molecule has 8 heteroatoms. The molecule has 0 bridgehead atoms. The maximum atomic E-state index is 13.1. The highest BCUT2D eigenvalue weighted by Crippen LogP contribution is 2.17. The smallest absolute Gasteiger partial charge is 0.233 e. The fourth-order valence-corrected chi connectivity index (χ4v) is 3.54. The molecule has 2 rings (SSSR count). The van der Waals surface area contributed by atoms with Crippen molar-refractivity contribution >= 4 is 21.7 Å². The highest BCUT2D eigenvalue weighted by atomic mass is 32.2. The summed E-state index contributed by atoms with van der Waals surface area (Å²) in [6.45, 7) is 13.1. The van der Waals surface area contributed by atoms with E-state index in [1.807, 2.05) is 30.3 Å². The van der Waals surface area contributed by atoms with Gasteiger partial charge in [-0.1, -0.05) is 49.6 Å². The van der Waals surface area contributed by atoms with Crippen LogP contribution in [0.2, 0.25) is 0 Å². The van der Waals surface area contributed by atoms with Gasteiger partial charge in [-0.25, -0.2) is 12.8 Å². The highest BCUT2D eigenvalue weighted by Gasteiger charge is 2.22. The Hall–Kier alpha value is -3.23. The third kappa shape index (κ3) is 7.79. The van der Waals surface area contributed by atoms with Crippen molar-refractivity contribution in [1.82, 2.24) is 4.31 Å². The fraction of sp³-hybridized carbons (Fsp3) is 0.208. The van der Waals surface area contributed by atoms with E-state index in [4.69, 9.17) is 9.47 Å². The van der Waals surface area contributed by atoms with Crippen molar-refractivity contribution in [3.8, 4) is 0 Å². The van der Waals surface area contributed by atoms with Crippen LogP contribution < -0.4 is 0 Å². The van der Waals surface area contributed by atoms with Gasteiger partial charge in [0.25, 0.3) is 0 Å². The van der Waals surface area contributed by atoms with Crippen LogP contribution in [0.25, 0.3) is 5.76 Å². The molecule has 0 aliphatic rings. The fourth-order valence-electron chi connectivity index (χ4n) is 2.70. The van der Waals surface area contributed by atoms with Crippen molar-refractivity contribution in [2.24, 2.45) is 4.99 Å². The lowest BCUT2D eigenvalue weighted by molar-refractivity contribution is 0.0633. The Labute approximate surface area is 189 Å². The van der Waals surface area contributed by atoms with E-state index in [1.165, 1.54) is 37.3 Å². The number of benzene rings is 2. The quantitative estimate of drug-likeness (QED) is 0.211. The maximum Gasteiger partial charge on any atom is 0.233 e. The van der Waals surface area contributed by atoms with Gasteiger partial charge >= 0.3 is 0 Å². The van der Waals surface area contributed by atoms with Crippen LogP contribution in [0.4, 0.5) is 4.39 Å². The Morgan fingerprint density at radius 3 is 2.34 bits per heavy atom. The normalized spacial score (nSPS) is 12.7. The number of hydrogen-bond donors (Lipinski definition) is 0. The third-order valence-electron chi connectivity index (χ3n) is 4.33. The molecule has 0 radical (unpaired) electrons. The van der Waals surface area contributed by atoms with Gasteiger partial charge in [0.2, 0.25) is 10.0 Å². The van der Waals surface area contributed by atoms with Crippen molar-refractivity contribution in [2.45, 2.75) is 19.6 Å². The van der Waals surface area contributed by atoms with Crippen LogP contribution in [0, 0.1) is 5.82 Å². The molecule has 0 N–H and O–H groups in total. The van der Waals surface area contributed by atoms with Gasteiger partial charge in [-0.2, -0.15) is 4.99 Å². The second kappa shape index (κ2) is 11.4. The van der Waals surface area contributed by atoms with Crippen molar-refractivity contribution < 1.29 is 22.3 Å². The molecule has 1 atom stereocenters. The van der Waals surface area contributed by atoms with Gasteiger partial charge in [0.05, 0.1) is 25.5 Å². The topological polar surface area (TPSA) is 68.2 Å². The average Bonchev–Trinajstić information content (AvgIpc) is 2.74. The molecular formula is C24H27FN2O4S.